The van der Waals surface area contributed by atoms with Gasteiger partial charge in [0, 0.05) is 18.3 Å². The summed E-state index contributed by atoms with van der Waals surface area (Å²) in [6.45, 7) is 0.505. The number of carbonyl (C=O) groups excluding carboxylic acids is 1. The van der Waals surface area contributed by atoms with Crippen molar-refractivity contribution in [2.45, 2.75) is 19.0 Å². The number of aromatic amines is 1. The fourth-order valence-corrected chi connectivity index (χ4v) is 2.54. The van der Waals surface area contributed by atoms with Crippen molar-refractivity contribution < 1.29 is 4.79 Å². The van der Waals surface area contributed by atoms with E-state index in [1.807, 2.05) is 30.3 Å². The van der Waals surface area contributed by atoms with Crippen molar-refractivity contribution in [1.82, 2.24) is 20.2 Å². The highest BCUT2D eigenvalue weighted by Crippen LogP contribution is 2.14. The van der Waals surface area contributed by atoms with Crippen LogP contribution in [0.1, 0.15) is 11.3 Å². The molecule has 5 nitrogen and oxygen atoms in total. The summed E-state index contributed by atoms with van der Waals surface area (Å²) in [5.74, 6) is 0.00783. The van der Waals surface area contributed by atoms with Gasteiger partial charge in [0.2, 0.25) is 0 Å². The lowest BCUT2D eigenvalue weighted by molar-refractivity contribution is -0.127. The first-order valence-corrected chi connectivity index (χ1v) is 6.78. The summed E-state index contributed by atoms with van der Waals surface area (Å²) < 4.78 is 0. The van der Waals surface area contributed by atoms with E-state index in [0.717, 1.165) is 11.3 Å². The number of H-pyrrole nitrogens is 1. The molecule has 0 unspecified atom stereocenters. The van der Waals surface area contributed by atoms with Crippen molar-refractivity contribution in [3.63, 3.8) is 0 Å². The number of hydrogen-bond acceptors (Lipinski definition) is 3. The van der Waals surface area contributed by atoms with Gasteiger partial charge in [-0.3, -0.25) is 9.69 Å². The van der Waals surface area contributed by atoms with Gasteiger partial charge in [-0.25, -0.2) is 4.98 Å². The van der Waals surface area contributed by atoms with E-state index >= 15 is 0 Å². The van der Waals surface area contributed by atoms with Crippen molar-refractivity contribution >= 4 is 23.2 Å². The predicted molar refractivity (Wildman–Crippen MR) is 78.8 cm³/mol. The number of thiocarbonyl (C=S) groups is 1. The van der Waals surface area contributed by atoms with E-state index in [1.165, 1.54) is 0 Å². The number of nitrogens with one attached hydrogen (secondary N) is 2. The molecule has 1 aromatic carbocycles. The molecule has 6 heteroatoms. The molecule has 1 aromatic heterocycles. The number of carbonyl (C=O) groups is 1. The number of hydrogen-bond donors (Lipinski definition) is 2. The number of aromatic nitrogens is 2. The number of imidazole rings is 1. The molecule has 0 radical (unpaired) electrons. The molecule has 1 fully saturated rings. The first-order valence-electron chi connectivity index (χ1n) is 6.37. The highest BCUT2D eigenvalue weighted by atomic mass is 32.1. The van der Waals surface area contributed by atoms with Gasteiger partial charge in [0.05, 0.1) is 12.9 Å². The minimum atomic E-state index is -0.313. The van der Waals surface area contributed by atoms with Crippen LogP contribution in [0.25, 0.3) is 0 Å². The van der Waals surface area contributed by atoms with Crippen molar-refractivity contribution in [3.05, 3.63) is 54.1 Å². The molecule has 1 amide bonds. The monoisotopic (exact) mass is 286 g/mol. The minimum Gasteiger partial charge on any atom is -0.350 e. The van der Waals surface area contributed by atoms with Crippen LogP contribution in [0.15, 0.2) is 42.9 Å². The third kappa shape index (κ3) is 2.55. The summed E-state index contributed by atoms with van der Waals surface area (Å²) in [4.78, 5) is 21.0. The SMILES string of the molecule is O=C1[C@H](Cc2cnc[nH]2)NC(=S)N1Cc1ccccc1. The Bertz CT molecular complexity index is 611. The fraction of sp³-hybridized carbons (Fsp3) is 0.214. The number of nitrogens with zero attached hydrogens (tertiary/aromatic N) is 2. The molecule has 0 saturated carbocycles. The van der Waals surface area contributed by atoms with Gasteiger partial charge in [-0.2, -0.15) is 0 Å². The van der Waals surface area contributed by atoms with Crippen LogP contribution < -0.4 is 5.32 Å². The molecule has 3 rings (SSSR count). The molecule has 0 spiro atoms. The Morgan fingerprint density at radius 3 is 2.80 bits per heavy atom. The largest absolute Gasteiger partial charge is 0.350 e. The molecule has 1 aliphatic heterocycles. The average Bonchev–Trinajstić information content (AvgIpc) is 3.05. The van der Waals surface area contributed by atoms with Gasteiger partial charge >= 0.3 is 0 Å². The van der Waals surface area contributed by atoms with Crippen molar-refractivity contribution in [1.29, 1.82) is 0 Å². The number of benzene rings is 1. The lowest BCUT2D eigenvalue weighted by Crippen LogP contribution is -2.32. The highest BCUT2D eigenvalue weighted by molar-refractivity contribution is 7.80. The molecule has 2 heterocycles. The first-order chi connectivity index (χ1) is 9.74. The van der Waals surface area contributed by atoms with Crippen molar-refractivity contribution in [2.75, 3.05) is 0 Å². The van der Waals surface area contributed by atoms with Crippen LogP contribution >= 0.6 is 12.2 Å². The predicted octanol–water partition coefficient (Wildman–Crippen LogP) is 1.24. The molecule has 2 N–H and O–H groups in total. The lowest BCUT2D eigenvalue weighted by Gasteiger charge is -2.14. The van der Waals surface area contributed by atoms with Crippen LogP contribution in [0, 0.1) is 0 Å². The average molecular weight is 286 g/mol. The summed E-state index contributed by atoms with van der Waals surface area (Å²) >= 11 is 5.26. The van der Waals surface area contributed by atoms with Gasteiger partial charge in [0.15, 0.2) is 5.11 Å². The molecule has 1 saturated heterocycles. The van der Waals surface area contributed by atoms with E-state index in [0.29, 0.717) is 18.1 Å². The fourth-order valence-electron chi connectivity index (χ4n) is 2.25. The molecular formula is C14H14N4OS. The molecule has 102 valence electrons. The normalized spacial score (nSPS) is 18.4. The molecule has 1 atom stereocenters. The summed E-state index contributed by atoms with van der Waals surface area (Å²) in [6.07, 6.45) is 3.89. The second-order valence-corrected chi connectivity index (χ2v) is 5.08. The van der Waals surface area contributed by atoms with Crippen LogP contribution in [-0.4, -0.2) is 31.9 Å². The standard InChI is InChI=1S/C14H14N4OS/c19-13-12(6-11-7-15-9-16-11)17-14(20)18(13)8-10-4-2-1-3-5-10/h1-5,7,9,12H,6,8H2,(H,15,16)(H,17,20)/t12-/m0/s1. The Kier molecular flexibility index (Phi) is 3.47. The minimum absolute atomic E-state index is 0.00783. The molecule has 0 bridgehead atoms. The van der Waals surface area contributed by atoms with Crippen LogP contribution in [0.2, 0.25) is 0 Å². The van der Waals surface area contributed by atoms with E-state index in [2.05, 4.69) is 15.3 Å². The zero-order valence-corrected chi connectivity index (χ0v) is 11.6. The van der Waals surface area contributed by atoms with E-state index in [9.17, 15) is 4.79 Å². The molecule has 0 aliphatic carbocycles. The van der Waals surface area contributed by atoms with Crippen LogP contribution in [0.5, 0.6) is 0 Å². The molecule has 2 aromatic rings. The quantitative estimate of drug-likeness (QED) is 0.830. The van der Waals surface area contributed by atoms with Gasteiger partial charge in [-0.05, 0) is 17.8 Å². The zero-order chi connectivity index (χ0) is 13.9. The van der Waals surface area contributed by atoms with Crippen molar-refractivity contribution in [3.8, 4) is 0 Å². The van der Waals surface area contributed by atoms with Crippen molar-refractivity contribution in [2.24, 2.45) is 0 Å². The maximum absolute atomic E-state index is 12.4. The Labute approximate surface area is 122 Å². The Morgan fingerprint density at radius 2 is 2.10 bits per heavy atom. The van der Waals surface area contributed by atoms with E-state index in [-0.39, 0.29) is 11.9 Å². The Hall–Kier alpha value is -2.21. The maximum atomic E-state index is 12.4. The van der Waals surface area contributed by atoms with Gasteiger partial charge in [-0.1, -0.05) is 30.3 Å². The maximum Gasteiger partial charge on any atom is 0.252 e. The highest BCUT2D eigenvalue weighted by Gasteiger charge is 2.35. The Balaban J connectivity index is 1.70. The number of amides is 1. The third-order valence-corrected chi connectivity index (χ3v) is 3.61. The first kappa shape index (κ1) is 12.8. The molecule has 20 heavy (non-hydrogen) atoms. The van der Waals surface area contributed by atoms with Crippen LogP contribution in [0.3, 0.4) is 0 Å². The smallest absolute Gasteiger partial charge is 0.252 e. The van der Waals surface area contributed by atoms with E-state index < -0.39 is 0 Å². The second-order valence-electron chi connectivity index (χ2n) is 4.69. The summed E-state index contributed by atoms with van der Waals surface area (Å²) in [6, 6.07) is 9.51. The van der Waals surface area contributed by atoms with Gasteiger partial charge in [0.25, 0.3) is 5.91 Å². The van der Waals surface area contributed by atoms with Crippen LogP contribution in [-0.2, 0) is 17.8 Å². The summed E-state index contributed by atoms with van der Waals surface area (Å²) in [7, 11) is 0. The van der Waals surface area contributed by atoms with E-state index in [4.69, 9.17) is 12.2 Å². The number of rotatable bonds is 4. The molecule has 1 aliphatic rings. The van der Waals surface area contributed by atoms with Gasteiger partial charge in [-0.15, -0.1) is 0 Å². The zero-order valence-electron chi connectivity index (χ0n) is 10.7. The molecular weight excluding hydrogens is 272 g/mol. The lowest BCUT2D eigenvalue weighted by atomic mass is 10.1. The van der Waals surface area contributed by atoms with Gasteiger partial charge in [0.1, 0.15) is 6.04 Å². The Morgan fingerprint density at radius 1 is 1.30 bits per heavy atom. The van der Waals surface area contributed by atoms with Crippen LogP contribution in [0.4, 0.5) is 0 Å². The van der Waals surface area contributed by atoms with Gasteiger partial charge < -0.3 is 10.3 Å². The van der Waals surface area contributed by atoms with E-state index in [1.54, 1.807) is 17.4 Å². The third-order valence-electron chi connectivity index (χ3n) is 3.27. The summed E-state index contributed by atoms with van der Waals surface area (Å²) in [5, 5.41) is 3.56. The topological polar surface area (TPSA) is 61.0 Å². The second kappa shape index (κ2) is 5.42. The summed E-state index contributed by atoms with van der Waals surface area (Å²) in [5.41, 5.74) is 1.98.